The number of pyridine rings is 2. The Kier molecular flexibility index (Phi) is 5.41. The van der Waals surface area contributed by atoms with Gasteiger partial charge < -0.3 is 0 Å². The highest BCUT2D eigenvalue weighted by atomic mass is 35.5. The third kappa shape index (κ3) is 3.66. The number of nitrogens with zero attached hydrogens (tertiary/aromatic N) is 4. The SMILES string of the molecule is Cc1ccnc(-n2c(SCc3nc4ccccc4c(C)c3Cl)nc3ccccc3c2=O)c1. The normalized spacial score (nSPS) is 11.3. The largest absolute Gasteiger partial charge is 0.268 e. The van der Waals surface area contributed by atoms with Gasteiger partial charge in [-0.2, -0.15) is 0 Å². The minimum atomic E-state index is -0.148. The standard InChI is InChI=1S/C25H19ClN4OS/c1-15-11-12-27-22(13-15)30-24(31)18-8-4-6-10-20(18)29-25(30)32-14-21-23(26)16(2)17-7-3-5-9-19(17)28-21/h3-13H,14H2,1-2H3. The monoisotopic (exact) mass is 458 g/mol. The molecule has 5 aromatic rings. The summed E-state index contributed by atoms with van der Waals surface area (Å²) in [4.78, 5) is 27.4. The Hall–Kier alpha value is -3.22. The van der Waals surface area contributed by atoms with Crippen LogP contribution in [0.3, 0.4) is 0 Å². The molecule has 158 valence electrons. The molecule has 5 nitrogen and oxygen atoms in total. The van der Waals surface area contributed by atoms with Crippen LogP contribution in [0.4, 0.5) is 0 Å². The summed E-state index contributed by atoms with van der Waals surface area (Å²) in [5.74, 6) is 1.02. The molecule has 7 heteroatoms. The maximum absolute atomic E-state index is 13.4. The molecule has 0 radical (unpaired) electrons. The van der Waals surface area contributed by atoms with Crippen molar-refractivity contribution in [2.24, 2.45) is 0 Å². The average Bonchev–Trinajstić information content (AvgIpc) is 2.80. The number of thioether (sulfide) groups is 1. The van der Waals surface area contributed by atoms with Gasteiger partial charge in [-0.25, -0.2) is 14.5 Å². The van der Waals surface area contributed by atoms with E-state index in [1.54, 1.807) is 16.8 Å². The summed E-state index contributed by atoms with van der Waals surface area (Å²) >= 11 is 8.09. The van der Waals surface area contributed by atoms with Crippen molar-refractivity contribution in [2.45, 2.75) is 24.8 Å². The minimum absolute atomic E-state index is 0.148. The van der Waals surface area contributed by atoms with Crippen molar-refractivity contribution in [3.63, 3.8) is 0 Å². The number of aryl methyl sites for hydroxylation is 2. The Morgan fingerprint density at radius 3 is 2.38 bits per heavy atom. The van der Waals surface area contributed by atoms with E-state index in [0.29, 0.717) is 32.7 Å². The van der Waals surface area contributed by atoms with Crippen LogP contribution in [0.5, 0.6) is 0 Å². The lowest BCUT2D eigenvalue weighted by molar-refractivity contribution is 0.794. The van der Waals surface area contributed by atoms with Crippen molar-refractivity contribution in [2.75, 3.05) is 0 Å². The van der Waals surface area contributed by atoms with E-state index in [-0.39, 0.29) is 5.56 Å². The Morgan fingerprint density at radius 1 is 0.938 bits per heavy atom. The summed E-state index contributed by atoms with van der Waals surface area (Å²) in [6.07, 6.45) is 1.70. The molecule has 3 aromatic heterocycles. The predicted molar refractivity (Wildman–Crippen MR) is 131 cm³/mol. The molecular formula is C25H19ClN4OS. The van der Waals surface area contributed by atoms with Crippen LogP contribution in [-0.2, 0) is 5.75 Å². The van der Waals surface area contributed by atoms with Crippen molar-refractivity contribution in [1.82, 2.24) is 19.5 Å². The van der Waals surface area contributed by atoms with Crippen LogP contribution in [-0.4, -0.2) is 19.5 Å². The number of para-hydroxylation sites is 2. The molecule has 0 unspecified atom stereocenters. The van der Waals surface area contributed by atoms with Gasteiger partial charge in [0.15, 0.2) is 5.16 Å². The van der Waals surface area contributed by atoms with Gasteiger partial charge in [0, 0.05) is 17.3 Å². The molecular weight excluding hydrogens is 440 g/mol. The van der Waals surface area contributed by atoms with Gasteiger partial charge in [0.2, 0.25) is 0 Å². The molecule has 32 heavy (non-hydrogen) atoms. The fraction of sp³-hybridized carbons (Fsp3) is 0.120. The van der Waals surface area contributed by atoms with Crippen LogP contribution in [0.15, 0.2) is 76.8 Å². The number of halogens is 1. The summed E-state index contributed by atoms with van der Waals surface area (Å²) in [7, 11) is 0. The lowest BCUT2D eigenvalue weighted by Gasteiger charge is -2.14. The maximum Gasteiger partial charge on any atom is 0.267 e. The van der Waals surface area contributed by atoms with Crippen molar-refractivity contribution in [1.29, 1.82) is 0 Å². The molecule has 0 fully saturated rings. The zero-order valence-electron chi connectivity index (χ0n) is 17.5. The third-order valence-corrected chi connectivity index (χ3v) is 6.81. The Bertz CT molecular complexity index is 1550. The number of hydrogen-bond acceptors (Lipinski definition) is 5. The summed E-state index contributed by atoms with van der Waals surface area (Å²) in [6, 6.07) is 19.1. The Morgan fingerprint density at radius 2 is 1.62 bits per heavy atom. The van der Waals surface area contributed by atoms with Gasteiger partial charge in [0.05, 0.1) is 27.1 Å². The number of rotatable bonds is 4. The van der Waals surface area contributed by atoms with Gasteiger partial charge in [0.25, 0.3) is 5.56 Å². The van der Waals surface area contributed by atoms with Gasteiger partial charge >= 0.3 is 0 Å². The summed E-state index contributed by atoms with van der Waals surface area (Å²) in [5.41, 5.74) is 4.17. The van der Waals surface area contributed by atoms with Crippen LogP contribution in [0.1, 0.15) is 16.8 Å². The zero-order chi connectivity index (χ0) is 22.2. The van der Waals surface area contributed by atoms with E-state index < -0.39 is 0 Å². The highest BCUT2D eigenvalue weighted by molar-refractivity contribution is 7.98. The van der Waals surface area contributed by atoms with E-state index in [9.17, 15) is 4.79 Å². The van der Waals surface area contributed by atoms with Gasteiger partial charge in [-0.15, -0.1) is 0 Å². The molecule has 0 atom stereocenters. The molecule has 0 N–H and O–H groups in total. The van der Waals surface area contributed by atoms with Gasteiger partial charge in [-0.1, -0.05) is 53.7 Å². The van der Waals surface area contributed by atoms with Gasteiger partial charge in [0.1, 0.15) is 5.82 Å². The smallest absolute Gasteiger partial charge is 0.267 e. The molecule has 0 saturated heterocycles. The number of hydrogen-bond donors (Lipinski definition) is 0. The lowest BCUT2D eigenvalue weighted by atomic mass is 10.1. The first-order valence-corrected chi connectivity index (χ1v) is 11.5. The predicted octanol–water partition coefficient (Wildman–Crippen LogP) is 5.89. The fourth-order valence-corrected chi connectivity index (χ4v) is 4.93. The first-order chi connectivity index (χ1) is 15.5. The molecule has 0 saturated carbocycles. The summed E-state index contributed by atoms with van der Waals surface area (Å²) in [6.45, 7) is 3.97. The fourth-order valence-electron chi connectivity index (χ4n) is 3.70. The molecule has 0 spiro atoms. The molecule has 2 aromatic carbocycles. The van der Waals surface area contributed by atoms with Crippen LogP contribution < -0.4 is 5.56 Å². The molecule has 0 aliphatic rings. The van der Waals surface area contributed by atoms with E-state index in [1.165, 1.54) is 11.8 Å². The lowest BCUT2D eigenvalue weighted by Crippen LogP contribution is -2.22. The first kappa shape index (κ1) is 20.7. The molecule has 5 rings (SSSR count). The molecule has 0 bridgehead atoms. The topological polar surface area (TPSA) is 60.7 Å². The molecule has 0 aliphatic heterocycles. The second-order valence-electron chi connectivity index (χ2n) is 7.55. The Balaban J connectivity index is 1.63. The van der Waals surface area contributed by atoms with Crippen molar-refractivity contribution >= 4 is 45.2 Å². The zero-order valence-corrected chi connectivity index (χ0v) is 19.1. The Labute approximate surface area is 194 Å². The number of aromatic nitrogens is 4. The van der Waals surface area contributed by atoms with E-state index in [4.69, 9.17) is 21.6 Å². The highest BCUT2D eigenvalue weighted by Gasteiger charge is 2.17. The van der Waals surface area contributed by atoms with Crippen LogP contribution >= 0.6 is 23.4 Å². The summed E-state index contributed by atoms with van der Waals surface area (Å²) < 4.78 is 1.57. The van der Waals surface area contributed by atoms with Crippen LogP contribution in [0.25, 0.3) is 27.6 Å². The van der Waals surface area contributed by atoms with E-state index in [2.05, 4.69) is 4.98 Å². The maximum atomic E-state index is 13.4. The second-order valence-corrected chi connectivity index (χ2v) is 8.87. The minimum Gasteiger partial charge on any atom is -0.268 e. The van der Waals surface area contributed by atoms with Crippen molar-refractivity contribution in [3.8, 4) is 5.82 Å². The second kappa shape index (κ2) is 8.37. The quantitative estimate of drug-likeness (QED) is 0.248. The van der Waals surface area contributed by atoms with Gasteiger partial charge in [-0.05, 0) is 55.3 Å². The number of benzene rings is 2. The third-order valence-electron chi connectivity index (χ3n) is 5.36. The van der Waals surface area contributed by atoms with Crippen molar-refractivity contribution in [3.05, 3.63) is 99.1 Å². The van der Waals surface area contributed by atoms with E-state index in [1.807, 2.05) is 68.4 Å². The van der Waals surface area contributed by atoms with Crippen LogP contribution in [0.2, 0.25) is 5.02 Å². The first-order valence-electron chi connectivity index (χ1n) is 10.1. The van der Waals surface area contributed by atoms with Crippen LogP contribution in [0, 0.1) is 13.8 Å². The highest BCUT2D eigenvalue weighted by Crippen LogP contribution is 2.31. The summed E-state index contributed by atoms with van der Waals surface area (Å²) in [5, 5.41) is 2.78. The molecule has 0 amide bonds. The van der Waals surface area contributed by atoms with E-state index >= 15 is 0 Å². The van der Waals surface area contributed by atoms with Crippen molar-refractivity contribution < 1.29 is 0 Å². The molecule has 3 heterocycles. The molecule has 0 aliphatic carbocycles. The average molecular weight is 459 g/mol. The van der Waals surface area contributed by atoms with Gasteiger partial charge in [-0.3, -0.25) is 9.78 Å². The van der Waals surface area contributed by atoms with E-state index in [0.717, 1.165) is 27.7 Å². The number of fused-ring (bicyclic) bond motifs is 2.